The third-order valence-corrected chi connectivity index (χ3v) is 1.82. The molecule has 0 bridgehead atoms. The van der Waals surface area contributed by atoms with E-state index >= 15 is 0 Å². The molecule has 1 aromatic rings. The van der Waals surface area contributed by atoms with Crippen molar-refractivity contribution in [2.75, 3.05) is 6.61 Å². The molecule has 1 aromatic carbocycles. The summed E-state index contributed by atoms with van der Waals surface area (Å²) in [5.41, 5.74) is -0.391. The van der Waals surface area contributed by atoms with Crippen molar-refractivity contribution >= 4 is 5.69 Å². The number of phenols is 1. The average molecular weight is 213 g/mol. The second-order valence-electron chi connectivity index (χ2n) is 2.80. The molecule has 0 unspecified atom stereocenters. The number of hydrogen-bond donors (Lipinski definition) is 2. The molecule has 15 heavy (non-hydrogen) atoms. The minimum Gasteiger partial charge on any atom is -0.502 e. The molecule has 0 aromatic heterocycles. The summed E-state index contributed by atoms with van der Waals surface area (Å²) in [5.74, 6) is -0.267. The number of hydrogen-bond acceptors (Lipinski definition) is 5. The van der Waals surface area contributed by atoms with E-state index in [2.05, 4.69) is 0 Å². The van der Waals surface area contributed by atoms with Gasteiger partial charge in [-0.3, -0.25) is 10.1 Å². The maximum atomic E-state index is 10.6. The Labute approximate surface area is 85.9 Å². The number of aliphatic hydroxyl groups excluding tert-OH is 1. The van der Waals surface area contributed by atoms with E-state index in [4.69, 9.17) is 9.84 Å². The summed E-state index contributed by atoms with van der Waals surface area (Å²) in [6, 6.07) is 2.49. The second-order valence-corrected chi connectivity index (χ2v) is 2.80. The molecule has 0 saturated heterocycles. The zero-order valence-electron chi connectivity index (χ0n) is 8.14. The van der Waals surface area contributed by atoms with Gasteiger partial charge in [-0.1, -0.05) is 0 Å². The van der Waals surface area contributed by atoms with E-state index < -0.39 is 23.0 Å². The van der Waals surface area contributed by atoms with Crippen LogP contribution in [-0.4, -0.2) is 21.7 Å². The summed E-state index contributed by atoms with van der Waals surface area (Å²) in [6.45, 7) is 1.61. The Kier molecular flexibility index (Phi) is 3.46. The molecule has 0 radical (unpaired) electrons. The van der Waals surface area contributed by atoms with E-state index in [1.807, 2.05) is 0 Å². The van der Waals surface area contributed by atoms with Crippen LogP contribution in [0.3, 0.4) is 0 Å². The summed E-state index contributed by atoms with van der Waals surface area (Å²) >= 11 is 0. The fourth-order valence-corrected chi connectivity index (χ4v) is 1.16. The molecule has 0 atom stereocenters. The first-order valence-corrected chi connectivity index (χ1v) is 4.34. The van der Waals surface area contributed by atoms with Crippen LogP contribution < -0.4 is 4.74 Å². The first-order valence-electron chi connectivity index (χ1n) is 4.34. The lowest BCUT2D eigenvalue weighted by Gasteiger charge is -2.07. The highest BCUT2D eigenvalue weighted by Crippen LogP contribution is 2.34. The summed E-state index contributed by atoms with van der Waals surface area (Å²) in [4.78, 5) is 9.83. The number of ether oxygens (including phenoxy) is 1. The minimum absolute atomic E-state index is 0.0765. The third-order valence-electron chi connectivity index (χ3n) is 1.82. The van der Waals surface area contributed by atoms with Gasteiger partial charge in [-0.05, 0) is 13.0 Å². The number of nitro groups is 1. The molecule has 2 N–H and O–H groups in total. The van der Waals surface area contributed by atoms with Gasteiger partial charge in [-0.2, -0.15) is 0 Å². The molecule has 0 amide bonds. The van der Waals surface area contributed by atoms with Crippen molar-refractivity contribution < 1.29 is 19.9 Å². The molecule has 0 spiro atoms. The molecule has 0 heterocycles. The van der Waals surface area contributed by atoms with Gasteiger partial charge in [-0.25, -0.2) is 0 Å². The van der Waals surface area contributed by atoms with E-state index in [0.717, 1.165) is 6.07 Å². The zero-order chi connectivity index (χ0) is 11.4. The Bertz CT molecular complexity index is 377. The van der Waals surface area contributed by atoms with Gasteiger partial charge in [-0.15, -0.1) is 0 Å². The lowest BCUT2D eigenvalue weighted by Crippen LogP contribution is -1.97. The van der Waals surface area contributed by atoms with Gasteiger partial charge in [0.25, 0.3) is 0 Å². The molecule has 0 fully saturated rings. The Morgan fingerprint density at radius 3 is 2.67 bits per heavy atom. The SMILES string of the molecule is CCOc1cc(CO)c(O)c([N+](=O)[O-])c1. The maximum absolute atomic E-state index is 10.6. The summed E-state index contributed by atoms with van der Waals surface area (Å²) in [5, 5.41) is 28.8. The Morgan fingerprint density at radius 2 is 2.20 bits per heavy atom. The van der Waals surface area contributed by atoms with Gasteiger partial charge >= 0.3 is 5.69 Å². The van der Waals surface area contributed by atoms with E-state index in [1.54, 1.807) is 6.92 Å². The smallest absolute Gasteiger partial charge is 0.314 e. The van der Waals surface area contributed by atoms with Crippen molar-refractivity contribution in [3.63, 3.8) is 0 Å². The van der Waals surface area contributed by atoms with Crippen molar-refractivity contribution in [1.29, 1.82) is 0 Å². The van der Waals surface area contributed by atoms with Crippen molar-refractivity contribution in [1.82, 2.24) is 0 Å². The number of aromatic hydroxyl groups is 1. The first kappa shape index (κ1) is 11.3. The monoisotopic (exact) mass is 213 g/mol. The van der Waals surface area contributed by atoms with E-state index in [1.165, 1.54) is 6.07 Å². The fraction of sp³-hybridized carbons (Fsp3) is 0.333. The third kappa shape index (κ3) is 2.35. The molecule has 1 rings (SSSR count). The van der Waals surface area contributed by atoms with E-state index in [0.29, 0.717) is 6.61 Å². The fourth-order valence-electron chi connectivity index (χ4n) is 1.16. The zero-order valence-corrected chi connectivity index (χ0v) is 8.14. The highest BCUT2D eigenvalue weighted by Gasteiger charge is 2.19. The normalized spacial score (nSPS) is 10.0. The number of nitrogens with zero attached hydrogens (tertiary/aromatic N) is 1. The average Bonchev–Trinajstić information content (AvgIpc) is 2.20. The summed E-state index contributed by atoms with van der Waals surface area (Å²) in [7, 11) is 0. The highest BCUT2D eigenvalue weighted by molar-refractivity contribution is 5.55. The van der Waals surface area contributed by atoms with Gasteiger partial charge in [0.2, 0.25) is 0 Å². The summed E-state index contributed by atoms with van der Waals surface area (Å²) in [6.07, 6.45) is 0. The number of rotatable bonds is 4. The molecule has 0 saturated carbocycles. The van der Waals surface area contributed by atoms with Crippen molar-refractivity contribution in [3.8, 4) is 11.5 Å². The number of nitro benzene ring substituents is 1. The van der Waals surface area contributed by atoms with Gasteiger partial charge in [0, 0.05) is 5.56 Å². The number of benzene rings is 1. The largest absolute Gasteiger partial charge is 0.502 e. The molecular weight excluding hydrogens is 202 g/mol. The van der Waals surface area contributed by atoms with Crippen LogP contribution in [-0.2, 0) is 6.61 Å². The first-order chi connectivity index (χ1) is 7.10. The molecular formula is C9H11NO5. The predicted molar refractivity (Wildman–Crippen MR) is 51.9 cm³/mol. The quantitative estimate of drug-likeness (QED) is 0.578. The van der Waals surface area contributed by atoms with E-state index in [-0.39, 0.29) is 11.3 Å². The molecule has 0 aliphatic heterocycles. The van der Waals surface area contributed by atoms with Crippen molar-refractivity contribution in [2.45, 2.75) is 13.5 Å². The van der Waals surface area contributed by atoms with Gasteiger partial charge in [0.05, 0.1) is 24.2 Å². The molecule has 82 valence electrons. The number of aliphatic hydroxyl groups is 1. The lowest BCUT2D eigenvalue weighted by atomic mass is 10.1. The standard InChI is InChI=1S/C9H11NO5/c1-2-15-7-3-6(5-11)9(12)8(4-7)10(13)14/h3-4,11-12H,2,5H2,1H3. The molecule has 0 aliphatic carbocycles. The molecule has 6 heteroatoms. The lowest BCUT2D eigenvalue weighted by molar-refractivity contribution is -0.386. The van der Waals surface area contributed by atoms with Crippen LogP contribution in [0.15, 0.2) is 12.1 Å². The van der Waals surface area contributed by atoms with Crippen molar-refractivity contribution in [3.05, 3.63) is 27.8 Å². The van der Waals surface area contributed by atoms with Crippen LogP contribution in [0, 0.1) is 10.1 Å². The van der Waals surface area contributed by atoms with Crippen LogP contribution in [0.25, 0.3) is 0 Å². The van der Waals surface area contributed by atoms with Crippen LogP contribution in [0.5, 0.6) is 11.5 Å². The van der Waals surface area contributed by atoms with Crippen LogP contribution in [0.2, 0.25) is 0 Å². The van der Waals surface area contributed by atoms with Crippen molar-refractivity contribution in [2.24, 2.45) is 0 Å². The van der Waals surface area contributed by atoms with E-state index in [9.17, 15) is 15.2 Å². The second kappa shape index (κ2) is 4.61. The van der Waals surface area contributed by atoms with Gasteiger partial charge in [0.15, 0.2) is 5.75 Å². The molecule has 0 aliphatic rings. The summed E-state index contributed by atoms with van der Waals surface area (Å²) < 4.78 is 5.07. The topological polar surface area (TPSA) is 92.8 Å². The van der Waals surface area contributed by atoms with Gasteiger partial charge < -0.3 is 14.9 Å². The molecule has 6 nitrogen and oxygen atoms in total. The Hall–Kier alpha value is -1.82. The van der Waals surface area contributed by atoms with Crippen LogP contribution in [0.4, 0.5) is 5.69 Å². The van der Waals surface area contributed by atoms with Crippen LogP contribution in [0.1, 0.15) is 12.5 Å². The predicted octanol–water partition coefficient (Wildman–Crippen LogP) is 1.19. The highest BCUT2D eigenvalue weighted by atomic mass is 16.6. The minimum atomic E-state index is -0.725. The Morgan fingerprint density at radius 1 is 1.53 bits per heavy atom. The van der Waals surface area contributed by atoms with Gasteiger partial charge in [0.1, 0.15) is 5.75 Å². The Balaban J connectivity index is 3.25. The maximum Gasteiger partial charge on any atom is 0.314 e. The van der Waals surface area contributed by atoms with Crippen LogP contribution >= 0.6 is 0 Å².